The van der Waals surface area contributed by atoms with Gasteiger partial charge in [0.15, 0.2) is 0 Å². The smallest absolute Gasteiger partial charge is 0.322 e. The molecule has 0 radical (unpaired) electrons. The number of hydrogen-bond donors (Lipinski definition) is 1. The Hall–Kier alpha value is -4.26. The number of nitrogens with one attached hydrogen (secondary N) is 1. The molecule has 0 aliphatic rings. The molecule has 2 aromatic heterocycles. The minimum absolute atomic E-state index is 0.162. The van der Waals surface area contributed by atoms with Crippen LogP contribution >= 0.6 is 0 Å². The molecule has 1 N–H and O–H groups in total. The van der Waals surface area contributed by atoms with E-state index in [0.717, 1.165) is 16.9 Å². The van der Waals surface area contributed by atoms with E-state index in [9.17, 15) is 4.79 Å². The minimum atomic E-state index is -0.558. The molecule has 7 heteroatoms. The molecule has 0 saturated carbocycles. The highest BCUT2D eigenvalue weighted by atomic mass is 16.6. The van der Waals surface area contributed by atoms with Gasteiger partial charge >= 0.3 is 12.0 Å². The SMILES string of the molecule is CC(C)(C)OC(=O)CC(c1ccccc1)c1ccnc(Oc2ccc(CNc3ccccn3)cc2)n1. The summed E-state index contributed by atoms with van der Waals surface area (Å²) >= 11 is 0. The second kappa shape index (κ2) is 11.4. The Morgan fingerprint density at radius 2 is 1.64 bits per heavy atom. The van der Waals surface area contributed by atoms with Gasteiger partial charge in [0, 0.05) is 24.9 Å². The Bertz CT molecular complexity index is 1260. The summed E-state index contributed by atoms with van der Waals surface area (Å²) in [6, 6.07) is 25.3. The van der Waals surface area contributed by atoms with Gasteiger partial charge < -0.3 is 14.8 Å². The summed E-state index contributed by atoms with van der Waals surface area (Å²) in [6.07, 6.45) is 3.56. The Kier molecular flexibility index (Phi) is 7.90. The van der Waals surface area contributed by atoms with Crippen molar-refractivity contribution < 1.29 is 14.3 Å². The second-order valence-corrected chi connectivity index (χ2v) is 9.33. The highest BCUT2D eigenvalue weighted by molar-refractivity contribution is 5.71. The Morgan fingerprint density at radius 1 is 0.889 bits per heavy atom. The maximum absolute atomic E-state index is 12.7. The number of ether oxygens (including phenoxy) is 2. The Balaban J connectivity index is 1.47. The third-order valence-corrected chi connectivity index (χ3v) is 5.28. The van der Waals surface area contributed by atoms with E-state index in [0.29, 0.717) is 18.0 Å². The topological polar surface area (TPSA) is 86.2 Å². The van der Waals surface area contributed by atoms with Crippen molar-refractivity contribution in [2.45, 2.75) is 45.3 Å². The van der Waals surface area contributed by atoms with Gasteiger partial charge in [-0.25, -0.2) is 9.97 Å². The van der Waals surface area contributed by atoms with Crippen molar-refractivity contribution in [1.82, 2.24) is 15.0 Å². The maximum atomic E-state index is 12.7. The van der Waals surface area contributed by atoms with Crippen LogP contribution in [0.5, 0.6) is 11.8 Å². The zero-order chi connectivity index (χ0) is 25.4. The predicted octanol–water partition coefficient (Wildman–Crippen LogP) is 6.14. The molecule has 0 fully saturated rings. The van der Waals surface area contributed by atoms with Crippen molar-refractivity contribution in [2.75, 3.05) is 5.32 Å². The lowest BCUT2D eigenvalue weighted by molar-refractivity contribution is -0.155. The first kappa shape index (κ1) is 24.9. The second-order valence-electron chi connectivity index (χ2n) is 9.33. The number of pyridine rings is 1. The van der Waals surface area contributed by atoms with Gasteiger partial charge in [0.2, 0.25) is 0 Å². The number of aromatic nitrogens is 3. The van der Waals surface area contributed by atoms with Crippen LogP contribution in [0.3, 0.4) is 0 Å². The molecule has 0 aliphatic carbocycles. The van der Waals surface area contributed by atoms with Crippen LogP contribution in [-0.2, 0) is 16.1 Å². The summed E-state index contributed by atoms with van der Waals surface area (Å²) in [4.78, 5) is 25.8. The Labute approximate surface area is 211 Å². The monoisotopic (exact) mass is 482 g/mol. The van der Waals surface area contributed by atoms with Crippen LogP contribution in [0.15, 0.2) is 91.3 Å². The number of carbonyl (C=O) groups is 1. The molecule has 7 nitrogen and oxygen atoms in total. The molecule has 0 aliphatic heterocycles. The van der Waals surface area contributed by atoms with Crippen LogP contribution in [0.1, 0.15) is 49.9 Å². The molecular formula is C29H30N4O3. The van der Waals surface area contributed by atoms with Crippen molar-refractivity contribution in [2.24, 2.45) is 0 Å². The summed E-state index contributed by atoms with van der Waals surface area (Å²) in [5.74, 6) is 0.873. The van der Waals surface area contributed by atoms with Gasteiger partial charge in [-0.15, -0.1) is 0 Å². The van der Waals surface area contributed by atoms with Crippen LogP contribution in [-0.4, -0.2) is 26.5 Å². The molecule has 4 rings (SSSR count). The number of nitrogens with zero attached hydrogens (tertiary/aromatic N) is 3. The van der Waals surface area contributed by atoms with E-state index in [4.69, 9.17) is 9.47 Å². The normalized spacial score (nSPS) is 12.0. The number of benzene rings is 2. The molecule has 2 aromatic carbocycles. The van der Waals surface area contributed by atoms with Gasteiger partial charge in [-0.05, 0) is 62.2 Å². The Morgan fingerprint density at radius 3 is 2.33 bits per heavy atom. The highest BCUT2D eigenvalue weighted by Crippen LogP contribution is 2.29. The number of anilines is 1. The molecule has 0 saturated heterocycles. The molecule has 0 spiro atoms. The fraction of sp³-hybridized carbons (Fsp3) is 0.241. The van der Waals surface area contributed by atoms with Crippen LogP contribution in [0.4, 0.5) is 5.82 Å². The van der Waals surface area contributed by atoms with E-state index in [-0.39, 0.29) is 24.3 Å². The lowest BCUT2D eigenvalue weighted by Gasteiger charge is -2.22. The van der Waals surface area contributed by atoms with Gasteiger partial charge in [0.1, 0.15) is 17.2 Å². The summed E-state index contributed by atoms with van der Waals surface area (Å²) in [5.41, 5.74) is 2.19. The van der Waals surface area contributed by atoms with E-state index in [1.54, 1.807) is 18.5 Å². The molecule has 1 atom stereocenters. The standard InChI is InChI=1S/C29H30N4O3/c1-29(2,3)36-27(34)19-24(22-9-5-4-6-10-22)25-16-18-31-28(33-25)35-23-14-12-21(13-15-23)20-32-26-11-7-8-17-30-26/h4-18,24H,19-20H2,1-3H3,(H,30,32). The van der Waals surface area contributed by atoms with Crippen molar-refractivity contribution in [3.05, 3.63) is 108 Å². The zero-order valence-corrected chi connectivity index (χ0v) is 20.7. The maximum Gasteiger partial charge on any atom is 0.322 e. The molecule has 36 heavy (non-hydrogen) atoms. The van der Waals surface area contributed by atoms with E-state index in [1.807, 2.05) is 93.6 Å². The lowest BCUT2D eigenvalue weighted by Crippen LogP contribution is -2.25. The average molecular weight is 483 g/mol. The summed E-state index contributed by atoms with van der Waals surface area (Å²) in [6.45, 7) is 6.23. The number of carbonyl (C=O) groups excluding carboxylic acids is 1. The number of rotatable bonds is 9. The van der Waals surface area contributed by atoms with Crippen molar-refractivity contribution >= 4 is 11.8 Å². The summed E-state index contributed by atoms with van der Waals surface area (Å²) < 4.78 is 11.5. The number of esters is 1. The first-order chi connectivity index (χ1) is 17.4. The predicted molar refractivity (Wildman–Crippen MR) is 139 cm³/mol. The van der Waals surface area contributed by atoms with Crippen molar-refractivity contribution in [1.29, 1.82) is 0 Å². The van der Waals surface area contributed by atoms with Gasteiger partial charge in [-0.1, -0.05) is 48.5 Å². The fourth-order valence-electron chi connectivity index (χ4n) is 3.67. The molecule has 2 heterocycles. The summed E-state index contributed by atoms with van der Waals surface area (Å²) in [7, 11) is 0. The third-order valence-electron chi connectivity index (χ3n) is 5.28. The van der Waals surface area contributed by atoms with Gasteiger partial charge in [-0.3, -0.25) is 4.79 Å². The minimum Gasteiger partial charge on any atom is -0.460 e. The van der Waals surface area contributed by atoms with E-state index >= 15 is 0 Å². The first-order valence-electron chi connectivity index (χ1n) is 11.9. The van der Waals surface area contributed by atoms with Crippen molar-refractivity contribution in [3.63, 3.8) is 0 Å². The first-order valence-corrected chi connectivity index (χ1v) is 11.9. The largest absolute Gasteiger partial charge is 0.460 e. The zero-order valence-electron chi connectivity index (χ0n) is 20.7. The molecular weight excluding hydrogens is 452 g/mol. The quantitative estimate of drug-likeness (QED) is 0.287. The van der Waals surface area contributed by atoms with Crippen LogP contribution in [0.25, 0.3) is 0 Å². The van der Waals surface area contributed by atoms with Crippen LogP contribution < -0.4 is 10.1 Å². The van der Waals surface area contributed by atoms with Crippen LogP contribution in [0, 0.1) is 0 Å². The van der Waals surface area contributed by atoms with Gasteiger partial charge in [0.25, 0.3) is 0 Å². The van der Waals surface area contributed by atoms with Crippen LogP contribution in [0.2, 0.25) is 0 Å². The van der Waals surface area contributed by atoms with Gasteiger partial charge in [0.05, 0.1) is 12.1 Å². The molecule has 184 valence electrons. The molecule has 0 amide bonds. The highest BCUT2D eigenvalue weighted by Gasteiger charge is 2.24. The average Bonchev–Trinajstić information content (AvgIpc) is 2.87. The fourth-order valence-corrected chi connectivity index (χ4v) is 3.67. The third kappa shape index (κ3) is 7.37. The molecule has 0 bridgehead atoms. The molecule has 1 unspecified atom stereocenters. The summed E-state index contributed by atoms with van der Waals surface area (Å²) in [5, 5.41) is 3.28. The number of hydrogen-bond acceptors (Lipinski definition) is 7. The van der Waals surface area contributed by atoms with Crippen molar-refractivity contribution in [3.8, 4) is 11.8 Å². The van der Waals surface area contributed by atoms with Gasteiger partial charge in [-0.2, -0.15) is 4.98 Å². The van der Waals surface area contributed by atoms with E-state index < -0.39 is 5.60 Å². The van der Waals surface area contributed by atoms with E-state index in [1.165, 1.54) is 0 Å². The lowest BCUT2D eigenvalue weighted by atomic mass is 9.92. The van der Waals surface area contributed by atoms with E-state index in [2.05, 4.69) is 20.3 Å². The molecule has 4 aromatic rings.